The Morgan fingerprint density at radius 3 is 2.63 bits per heavy atom. The highest BCUT2D eigenvalue weighted by Crippen LogP contribution is 2.35. The van der Waals surface area contributed by atoms with Crippen molar-refractivity contribution < 1.29 is 29.3 Å². The Hall–Kier alpha value is -3.37. The fraction of sp³-hybridized carbons (Fsp3) is 0.100. The molecule has 1 amide bonds. The minimum atomic E-state index is -1.23. The van der Waals surface area contributed by atoms with Gasteiger partial charge < -0.3 is 19.7 Å². The number of rotatable bonds is 6. The number of carboxylic acids is 1. The summed E-state index contributed by atoms with van der Waals surface area (Å²) < 4.78 is 10.5. The van der Waals surface area contributed by atoms with E-state index in [9.17, 15) is 19.8 Å². The van der Waals surface area contributed by atoms with E-state index in [1.165, 1.54) is 38.6 Å². The Labute approximate surface area is 181 Å². The molecule has 1 saturated heterocycles. The minimum absolute atomic E-state index is 0.0446. The number of hydrogen-bond donors (Lipinski definition) is 2. The Kier molecular flexibility index (Phi) is 6.38. The van der Waals surface area contributed by atoms with Crippen molar-refractivity contribution in [2.24, 2.45) is 5.10 Å². The summed E-state index contributed by atoms with van der Waals surface area (Å²) >= 11 is 6.28. The fourth-order valence-electron chi connectivity index (χ4n) is 2.72. The Morgan fingerprint density at radius 2 is 2.00 bits per heavy atom. The van der Waals surface area contributed by atoms with Crippen LogP contribution in [0.25, 0.3) is 6.08 Å². The molecule has 2 aromatic carbocycles. The van der Waals surface area contributed by atoms with Crippen molar-refractivity contribution in [3.05, 3.63) is 58.0 Å². The summed E-state index contributed by atoms with van der Waals surface area (Å²) in [5.74, 6) is -1.31. The van der Waals surface area contributed by atoms with E-state index in [4.69, 9.17) is 21.7 Å². The molecule has 30 heavy (non-hydrogen) atoms. The van der Waals surface area contributed by atoms with Crippen molar-refractivity contribution in [2.75, 3.05) is 14.2 Å². The maximum atomic E-state index is 12.7. The maximum absolute atomic E-state index is 12.7. The summed E-state index contributed by atoms with van der Waals surface area (Å²) in [6.07, 6.45) is 2.82. The maximum Gasteiger partial charge on any atom is 0.340 e. The highest BCUT2D eigenvalue weighted by molar-refractivity contribution is 8.26. The highest BCUT2D eigenvalue weighted by Gasteiger charge is 2.32. The van der Waals surface area contributed by atoms with Gasteiger partial charge in [-0.2, -0.15) is 10.1 Å². The van der Waals surface area contributed by atoms with Gasteiger partial charge in [0, 0.05) is 5.56 Å². The number of nitrogens with zero attached hydrogens (tertiary/aromatic N) is 2. The van der Waals surface area contributed by atoms with Crippen LogP contribution in [0.1, 0.15) is 21.5 Å². The number of hydrogen-bond acceptors (Lipinski definition) is 8. The van der Waals surface area contributed by atoms with Gasteiger partial charge in [0.15, 0.2) is 15.8 Å². The molecule has 0 saturated carbocycles. The van der Waals surface area contributed by atoms with Crippen LogP contribution in [0, 0.1) is 0 Å². The molecule has 0 aliphatic carbocycles. The molecule has 0 atom stereocenters. The molecule has 0 spiro atoms. The molecular weight excluding hydrogens is 428 g/mol. The van der Waals surface area contributed by atoms with Crippen molar-refractivity contribution in [3.8, 4) is 17.2 Å². The first-order valence-corrected chi connectivity index (χ1v) is 9.67. The van der Waals surface area contributed by atoms with E-state index >= 15 is 0 Å². The van der Waals surface area contributed by atoms with Crippen molar-refractivity contribution in [1.29, 1.82) is 0 Å². The molecule has 0 bridgehead atoms. The number of amides is 1. The molecule has 1 fully saturated rings. The number of carboxylic acid groups (broad SMARTS) is 1. The zero-order valence-electron chi connectivity index (χ0n) is 15.9. The van der Waals surface area contributed by atoms with Gasteiger partial charge in [-0.3, -0.25) is 4.79 Å². The van der Waals surface area contributed by atoms with E-state index in [1.54, 1.807) is 24.3 Å². The lowest BCUT2D eigenvalue weighted by atomic mass is 10.1. The number of methoxy groups -OCH3 is 2. The smallest absolute Gasteiger partial charge is 0.340 e. The molecular formula is C20H16N2O6S2. The first-order chi connectivity index (χ1) is 14.3. The number of aromatic hydroxyl groups is 1. The number of phenolic OH excluding ortho intramolecular Hbond substituents is 1. The molecule has 3 rings (SSSR count). The van der Waals surface area contributed by atoms with Gasteiger partial charge in [0.05, 0.1) is 25.3 Å². The van der Waals surface area contributed by atoms with Gasteiger partial charge in [-0.25, -0.2) is 4.79 Å². The second-order valence-electron chi connectivity index (χ2n) is 5.90. The zero-order valence-corrected chi connectivity index (χ0v) is 17.5. The average Bonchev–Trinajstić information content (AvgIpc) is 2.98. The molecule has 2 aromatic rings. The summed E-state index contributed by atoms with van der Waals surface area (Å²) in [7, 11) is 2.73. The van der Waals surface area contributed by atoms with Crippen LogP contribution in [-0.4, -0.2) is 51.9 Å². The van der Waals surface area contributed by atoms with Crippen molar-refractivity contribution in [3.63, 3.8) is 0 Å². The minimum Gasteiger partial charge on any atom is -0.508 e. The fourth-order valence-corrected chi connectivity index (χ4v) is 3.89. The van der Waals surface area contributed by atoms with Gasteiger partial charge in [-0.15, -0.1) is 0 Å². The third-order valence-corrected chi connectivity index (χ3v) is 5.33. The van der Waals surface area contributed by atoms with Crippen LogP contribution >= 0.6 is 24.0 Å². The largest absolute Gasteiger partial charge is 0.508 e. The molecule has 0 aromatic heterocycles. The zero-order chi connectivity index (χ0) is 21.8. The van der Waals surface area contributed by atoms with Gasteiger partial charge in [0.1, 0.15) is 11.3 Å². The van der Waals surface area contributed by atoms with E-state index in [0.29, 0.717) is 10.5 Å². The number of thioether (sulfide) groups is 1. The highest BCUT2D eigenvalue weighted by atomic mass is 32.2. The summed E-state index contributed by atoms with van der Waals surface area (Å²) in [6.45, 7) is 0. The third-order valence-electron chi connectivity index (χ3n) is 4.05. The summed E-state index contributed by atoms with van der Waals surface area (Å²) in [5, 5.41) is 24.3. The van der Waals surface area contributed by atoms with Crippen molar-refractivity contribution >= 4 is 52.5 Å². The molecule has 10 heteroatoms. The van der Waals surface area contributed by atoms with Gasteiger partial charge >= 0.3 is 5.97 Å². The number of benzene rings is 2. The lowest BCUT2D eigenvalue weighted by Crippen LogP contribution is -2.22. The SMILES string of the molecule is COc1ccc(/C=N/N2C(=O)/C(=C\c3cccc(O)c3)SC2=S)c(C(=O)O)c1OC. The van der Waals surface area contributed by atoms with E-state index in [1.807, 2.05) is 0 Å². The monoisotopic (exact) mass is 444 g/mol. The number of aromatic carboxylic acids is 1. The second kappa shape index (κ2) is 8.97. The second-order valence-corrected chi connectivity index (χ2v) is 7.58. The van der Waals surface area contributed by atoms with E-state index < -0.39 is 11.9 Å². The molecule has 1 heterocycles. The van der Waals surface area contributed by atoms with Crippen LogP contribution in [-0.2, 0) is 4.79 Å². The van der Waals surface area contributed by atoms with E-state index in [0.717, 1.165) is 16.8 Å². The Balaban J connectivity index is 1.92. The Morgan fingerprint density at radius 1 is 1.23 bits per heavy atom. The van der Waals surface area contributed by atoms with Crippen LogP contribution in [0.4, 0.5) is 0 Å². The van der Waals surface area contributed by atoms with Crippen LogP contribution in [0.15, 0.2) is 46.4 Å². The number of carbonyl (C=O) groups is 2. The molecule has 1 aliphatic heterocycles. The standard InChI is InChI=1S/C20H16N2O6S2/c1-27-14-7-6-12(16(19(25)26)17(14)28-2)10-21-22-18(24)15(30-20(22)29)9-11-4-3-5-13(23)8-11/h3-10,23H,1-2H3,(H,25,26)/b15-9+,21-10+. The molecule has 154 valence electrons. The molecule has 0 radical (unpaired) electrons. The van der Waals surface area contributed by atoms with Crippen LogP contribution in [0.3, 0.4) is 0 Å². The van der Waals surface area contributed by atoms with Gasteiger partial charge in [-0.05, 0) is 48.1 Å². The van der Waals surface area contributed by atoms with Gasteiger partial charge in [-0.1, -0.05) is 23.9 Å². The summed E-state index contributed by atoms with van der Waals surface area (Å²) in [5.41, 5.74) is 0.694. The number of phenols is 1. The molecule has 0 unspecified atom stereocenters. The quantitative estimate of drug-likeness (QED) is 0.397. The van der Waals surface area contributed by atoms with Gasteiger partial charge in [0.2, 0.25) is 0 Å². The lowest BCUT2D eigenvalue weighted by molar-refractivity contribution is -0.122. The van der Waals surface area contributed by atoms with Crippen LogP contribution in [0.2, 0.25) is 0 Å². The summed E-state index contributed by atoms with van der Waals surface area (Å²) in [4.78, 5) is 24.7. The number of carbonyl (C=O) groups excluding carboxylic acids is 1. The average molecular weight is 444 g/mol. The number of ether oxygens (including phenoxy) is 2. The van der Waals surface area contributed by atoms with Crippen LogP contribution < -0.4 is 9.47 Å². The normalized spacial score (nSPS) is 15.3. The predicted octanol–water partition coefficient (Wildman–Crippen LogP) is 3.34. The predicted molar refractivity (Wildman–Crippen MR) is 117 cm³/mol. The van der Waals surface area contributed by atoms with E-state index in [-0.39, 0.29) is 32.7 Å². The van der Waals surface area contributed by atoms with Crippen molar-refractivity contribution in [2.45, 2.75) is 0 Å². The van der Waals surface area contributed by atoms with Crippen molar-refractivity contribution in [1.82, 2.24) is 5.01 Å². The van der Waals surface area contributed by atoms with E-state index in [2.05, 4.69) is 5.10 Å². The topological polar surface area (TPSA) is 109 Å². The first-order valence-electron chi connectivity index (χ1n) is 8.45. The molecule has 8 nitrogen and oxygen atoms in total. The lowest BCUT2D eigenvalue weighted by Gasteiger charge is -2.13. The number of hydrazone groups is 1. The number of thiocarbonyl (C=S) groups is 1. The summed E-state index contributed by atoms with van der Waals surface area (Å²) in [6, 6.07) is 9.46. The molecule has 2 N–H and O–H groups in total. The Bertz CT molecular complexity index is 1100. The van der Waals surface area contributed by atoms with Crippen LogP contribution in [0.5, 0.6) is 17.2 Å². The third kappa shape index (κ3) is 4.29. The van der Waals surface area contributed by atoms with Gasteiger partial charge in [0.25, 0.3) is 5.91 Å². The first kappa shape index (κ1) is 21.3. The molecule has 1 aliphatic rings.